The van der Waals surface area contributed by atoms with Gasteiger partial charge in [0.05, 0.1) is 5.54 Å². The highest BCUT2D eigenvalue weighted by Crippen LogP contribution is 2.29. The molecule has 2 rings (SSSR count). The zero-order valence-corrected chi connectivity index (χ0v) is 8.47. The lowest BCUT2D eigenvalue weighted by Gasteiger charge is -2.29. The van der Waals surface area contributed by atoms with Gasteiger partial charge in [0.2, 0.25) is 5.91 Å². The summed E-state index contributed by atoms with van der Waals surface area (Å²) in [6.07, 6.45) is 3.51. The number of carbonyl (C=O) groups excluding carboxylic acids is 1. The predicted molar refractivity (Wildman–Crippen MR) is 51.4 cm³/mol. The first kappa shape index (κ1) is 9.00. The van der Waals surface area contributed by atoms with Crippen molar-refractivity contribution < 1.29 is 4.79 Å². The molecule has 1 saturated heterocycles. The van der Waals surface area contributed by atoms with Crippen LogP contribution in [0.15, 0.2) is 0 Å². The van der Waals surface area contributed by atoms with Crippen LogP contribution >= 0.6 is 0 Å². The molecule has 1 saturated carbocycles. The smallest absolute Gasteiger partial charge is 0.242 e. The molecule has 0 spiro atoms. The van der Waals surface area contributed by atoms with Crippen molar-refractivity contribution in [3.63, 3.8) is 0 Å². The number of amides is 1. The molecule has 1 aliphatic heterocycles. The summed E-state index contributed by atoms with van der Waals surface area (Å²) >= 11 is 0. The Kier molecular flexibility index (Phi) is 2.06. The van der Waals surface area contributed by atoms with Crippen LogP contribution in [-0.2, 0) is 4.79 Å². The molecule has 0 unspecified atom stereocenters. The summed E-state index contributed by atoms with van der Waals surface area (Å²) in [4.78, 5) is 14.1. The molecule has 3 heteroatoms. The number of nitrogens with one attached hydrogen (secondary N) is 1. The summed E-state index contributed by atoms with van der Waals surface area (Å²) in [7, 11) is 0. The maximum Gasteiger partial charge on any atom is 0.242 e. The zero-order chi connectivity index (χ0) is 9.47. The summed E-state index contributed by atoms with van der Waals surface area (Å²) in [5.41, 5.74) is -0.348. The number of rotatable bonds is 1. The zero-order valence-electron chi connectivity index (χ0n) is 8.47. The minimum atomic E-state index is -0.348. The Morgan fingerprint density at radius 3 is 2.77 bits per heavy atom. The van der Waals surface area contributed by atoms with Gasteiger partial charge in [0, 0.05) is 12.6 Å². The van der Waals surface area contributed by atoms with Gasteiger partial charge < -0.3 is 10.2 Å². The van der Waals surface area contributed by atoms with Gasteiger partial charge in [-0.15, -0.1) is 0 Å². The largest absolute Gasteiger partial charge is 0.338 e. The first-order valence-corrected chi connectivity index (χ1v) is 5.17. The van der Waals surface area contributed by atoms with E-state index in [1.807, 2.05) is 13.8 Å². The molecule has 1 N–H and O–H groups in total. The molecule has 3 nitrogen and oxygen atoms in total. The maximum atomic E-state index is 12.0. The van der Waals surface area contributed by atoms with Crippen molar-refractivity contribution in [3.05, 3.63) is 0 Å². The molecule has 0 aromatic heterocycles. The van der Waals surface area contributed by atoms with E-state index in [0.717, 1.165) is 19.5 Å². The van der Waals surface area contributed by atoms with Gasteiger partial charge in [-0.1, -0.05) is 0 Å². The van der Waals surface area contributed by atoms with Gasteiger partial charge in [-0.2, -0.15) is 0 Å². The van der Waals surface area contributed by atoms with Crippen molar-refractivity contribution in [1.29, 1.82) is 0 Å². The van der Waals surface area contributed by atoms with Crippen molar-refractivity contribution >= 4 is 5.91 Å². The minimum Gasteiger partial charge on any atom is -0.338 e. The molecule has 1 heterocycles. The molecular formula is C10H18N2O. The van der Waals surface area contributed by atoms with Crippen LogP contribution in [0.3, 0.4) is 0 Å². The lowest BCUT2D eigenvalue weighted by atomic mass is 10.0. The van der Waals surface area contributed by atoms with Crippen molar-refractivity contribution in [1.82, 2.24) is 10.2 Å². The lowest BCUT2D eigenvalue weighted by Crippen LogP contribution is -2.52. The molecule has 0 atom stereocenters. The summed E-state index contributed by atoms with van der Waals surface area (Å²) in [5, 5.41) is 3.29. The number of carbonyl (C=O) groups is 1. The third-order valence-electron chi connectivity index (χ3n) is 2.93. The summed E-state index contributed by atoms with van der Waals surface area (Å²) in [5.74, 6) is 0.285. The molecule has 0 aromatic rings. The van der Waals surface area contributed by atoms with E-state index in [2.05, 4.69) is 10.2 Å². The fraction of sp³-hybridized carbons (Fsp3) is 0.900. The van der Waals surface area contributed by atoms with Gasteiger partial charge in [0.1, 0.15) is 0 Å². The van der Waals surface area contributed by atoms with Crippen LogP contribution in [-0.4, -0.2) is 35.5 Å². The van der Waals surface area contributed by atoms with E-state index >= 15 is 0 Å². The second-order valence-corrected chi connectivity index (χ2v) is 4.64. The van der Waals surface area contributed by atoms with Crippen molar-refractivity contribution in [2.75, 3.05) is 13.1 Å². The Morgan fingerprint density at radius 1 is 1.46 bits per heavy atom. The highest BCUT2D eigenvalue weighted by atomic mass is 16.2. The Labute approximate surface area is 79.5 Å². The molecular weight excluding hydrogens is 164 g/mol. The molecule has 0 bridgehead atoms. The second-order valence-electron chi connectivity index (χ2n) is 4.64. The molecule has 2 aliphatic rings. The average molecular weight is 182 g/mol. The fourth-order valence-corrected chi connectivity index (χ4v) is 1.92. The number of hydrogen-bond donors (Lipinski definition) is 1. The second kappa shape index (κ2) is 2.98. The van der Waals surface area contributed by atoms with Gasteiger partial charge >= 0.3 is 0 Å². The van der Waals surface area contributed by atoms with Crippen LogP contribution in [0.5, 0.6) is 0 Å². The van der Waals surface area contributed by atoms with E-state index in [-0.39, 0.29) is 11.4 Å². The highest BCUT2D eigenvalue weighted by Gasteiger charge is 2.40. The van der Waals surface area contributed by atoms with E-state index in [1.165, 1.54) is 12.8 Å². The maximum absolute atomic E-state index is 12.0. The topological polar surface area (TPSA) is 32.3 Å². The highest BCUT2D eigenvalue weighted by molar-refractivity contribution is 5.86. The molecule has 1 aliphatic carbocycles. The van der Waals surface area contributed by atoms with E-state index in [1.54, 1.807) is 0 Å². The summed E-state index contributed by atoms with van der Waals surface area (Å²) in [6.45, 7) is 5.87. The molecule has 0 radical (unpaired) electrons. The summed E-state index contributed by atoms with van der Waals surface area (Å²) < 4.78 is 0. The van der Waals surface area contributed by atoms with E-state index in [0.29, 0.717) is 6.04 Å². The van der Waals surface area contributed by atoms with Crippen molar-refractivity contribution in [2.45, 2.75) is 44.7 Å². The van der Waals surface area contributed by atoms with Crippen LogP contribution in [0.2, 0.25) is 0 Å². The SMILES string of the molecule is CC1(C)NCCCN(C2CC2)C1=O. The molecule has 2 fully saturated rings. The van der Waals surface area contributed by atoms with Gasteiger partial charge in [-0.05, 0) is 39.7 Å². The monoisotopic (exact) mass is 182 g/mol. The Morgan fingerprint density at radius 2 is 2.15 bits per heavy atom. The average Bonchev–Trinajstić information content (AvgIpc) is 2.85. The lowest BCUT2D eigenvalue weighted by molar-refractivity contribution is -0.136. The van der Waals surface area contributed by atoms with Crippen molar-refractivity contribution in [3.8, 4) is 0 Å². The van der Waals surface area contributed by atoms with Crippen LogP contribution in [0.1, 0.15) is 33.1 Å². The van der Waals surface area contributed by atoms with Crippen LogP contribution in [0, 0.1) is 0 Å². The first-order chi connectivity index (χ1) is 6.11. The molecule has 1 amide bonds. The third-order valence-corrected chi connectivity index (χ3v) is 2.93. The fourth-order valence-electron chi connectivity index (χ4n) is 1.92. The van der Waals surface area contributed by atoms with E-state index in [9.17, 15) is 4.79 Å². The Hall–Kier alpha value is -0.570. The van der Waals surface area contributed by atoms with Gasteiger partial charge in [0.15, 0.2) is 0 Å². The third kappa shape index (κ3) is 1.70. The van der Waals surface area contributed by atoms with E-state index in [4.69, 9.17) is 0 Å². The van der Waals surface area contributed by atoms with Crippen LogP contribution < -0.4 is 5.32 Å². The van der Waals surface area contributed by atoms with Gasteiger partial charge in [-0.3, -0.25) is 4.79 Å². The number of nitrogens with zero attached hydrogens (tertiary/aromatic N) is 1. The molecule has 74 valence electrons. The predicted octanol–water partition coefficient (Wildman–Crippen LogP) is 0.749. The Bertz CT molecular complexity index is 221. The van der Waals surface area contributed by atoms with Crippen LogP contribution in [0.4, 0.5) is 0 Å². The normalized spacial score (nSPS) is 28.8. The van der Waals surface area contributed by atoms with Crippen molar-refractivity contribution in [2.24, 2.45) is 0 Å². The quantitative estimate of drug-likeness (QED) is 0.649. The number of hydrogen-bond acceptors (Lipinski definition) is 2. The van der Waals surface area contributed by atoms with Gasteiger partial charge in [-0.25, -0.2) is 0 Å². The molecule has 13 heavy (non-hydrogen) atoms. The van der Waals surface area contributed by atoms with E-state index < -0.39 is 0 Å². The molecule has 0 aromatic carbocycles. The standard InChI is InChI=1S/C10H18N2O/c1-10(2)9(13)12(8-4-5-8)7-3-6-11-10/h8,11H,3-7H2,1-2H3. The van der Waals surface area contributed by atoms with Gasteiger partial charge in [0.25, 0.3) is 0 Å². The van der Waals surface area contributed by atoms with Crippen LogP contribution in [0.25, 0.3) is 0 Å². The first-order valence-electron chi connectivity index (χ1n) is 5.17. The summed E-state index contributed by atoms with van der Waals surface area (Å²) in [6, 6.07) is 0.562. The minimum absolute atomic E-state index is 0.285. The Balaban J connectivity index is 2.12.